The number of amides is 1. The number of hydrogen-bond acceptors (Lipinski definition) is 2. The summed E-state index contributed by atoms with van der Waals surface area (Å²) in [7, 11) is 0. The van der Waals surface area contributed by atoms with Gasteiger partial charge in [0, 0.05) is 31.4 Å². The first-order valence-corrected chi connectivity index (χ1v) is 6.98. The van der Waals surface area contributed by atoms with Gasteiger partial charge in [-0.25, -0.2) is 0 Å². The first-order chi connectivity index (χ1) is 8.79. The van der Waals surface area contributed by atoms with E-state index in [-0.39, 0.29) is 17.4 Å². The average Bonchev–Trinajstić information content (AvgIpc) is 2.33. The maximum Gasteiger partial charge on any atom is 0.223 e. The van der Waals surface area contributed by atoms with Crippen LogP contribution in [0.3, 0.4) is 0 Å². The van der Waals surface area contributed by atoms with Gasteiger partial charge in [0.15, 0.2) is 0 Å². The molecule has 0 bridgehead atoms. The van der Waals surface area contributed by atoms with Crippen molar-refractivity contribution in [3.63, 3.8) is 0 Å². The molecule has 1 heterocycles. The molecule has 0 saturated carbocycles. The van der Waals surface area contributed by atoms with E-state index >= 15 is 0 Å². The summed E-state index contributed by atoms with van der Waals surface area (Å²) >= 11 is 0. The van der Waals surface area contributed by atoms with Crippen LogP contribution in [0, 0.1) is 5.41 Å². The predicted octanol–water partition coefficient (Wildman–Crippen LogP) is 3.30. The van der Waals surface area contributed by atoms with Crippen LogP contribution in [0.4, 0.5) is 0 Å². The molecule has 0 fully saturated rings. The molecule has 0 atom stereocenters. The first kappa shape index (κ1) is 15.7. The fraction of sp³-hybridized carbons (Fsp3) is 0.625. The number of carbonyl (C=O) groups is 1. The number of pyridine rings is 1. The topological polar surface area (TPSA) is 33.2 Å². The minimum atomic E-state index is 0.133. The van der Waals surface area contributed by atoms with Crippen LogP contribution >= 0.6 is 0 Å². The highest BCUT2D eigenvalue weighted by Gasteiger charge is 2.22. The summed E-state index contributed by atoms with van der Waals surface area (Å²) in [6.45, 7) is 11.4. The maximum atomic E-state index is 12.3. The van der Waals surface area contributed by atoms with Crippen LogP contribution < -0.4 is 0 Å². The third kappa shape index (κ3) is 5.86. The molecule has 3 nitrogen and oxygen atoms in total. The molecule has 1 aromatic rings. The molecule has 106 valence electrons. The van der Waals surface area contributed by atoms with E-state index in [1.807, 2.05) is 23.2 Å². The van der Waals surface area contributed by atoms with Crippen molar-refractivity contribution in [2.24, 2.45) is 5.41 Å². The number of nitrogens with zero attached hydrogens (tertiary/aromatic N) is 2. The van der Waals surface area contributed by atoms with Gasteiger partial charge < -0.3 is 4.90 Å². The number of carbonyl (C=O) groups excluding carboxylic acids is 1. The van der Waals surface area contributed by atoms with Crippen molar-refractivity contribution in [3.05, 3.63) is 30.1 Å². The van der Waals surface area contributed by atoms with E-state index < -0.39 is 0 Å². The molecule has 3 heteroatoms. The maximum absolute atomic E-state index is 12.3. The smallest absolute Gasteiger partial charge is 0.223 e. The van der Waals surface area contributed by atoms with Crippen molar-refractivity contribution in [1.29, 1.82) is 0 Å². The molecular formula is C16H26N2O. The number of rotatable bonds is 5. The average molecular weight is 262 g/mol. The molecule has 1 aromatic heterocycles. The summed E-state index contributed by atoms with van der Waals surface area (Å²) in [5, 5.41) is 0. The number of aromatic nitrogens is 1. The SMILES string of the molecule is CC(C)N(CC(C)(C)C)C(=O)CCc1cccnc1. The molecule has 1 amide bonds. The van der Waals surface area contributed by atoms with Crippen LogP contribution in [0.5, 0.6) is 0 Å². The third-order valence-electron chi connectivity index (χ3n) is 2.94. The lowest BCUT2D eigenvalue weighted by atomic mass is 9.95. The van der Waals surface area contributed by atoms with Gasteiger partial charge in [-0.2, -0.15) is 0 Å². The van der Waals surface area contributed by atoms with Gasteiger partial charge in [0.1, 0.15) is 0 Å². The largest absolute Gasteiger partial charge is 0.340 e. The van der Waals surface area contributed by atoms with E-state index in [9.17, 15) is 4.79 Å². The second-order valence-corrected chi connectivity index (χ2v) is 6.54. The molecule has 1 rings (SSSR count). The van der Waals surface area contributed by atoms with Crippen molar-refractivity contribution in [1.82, 2.24) is 9.88 Å². The zero-order chi connectivity index (χ0) is 14.5. The lowest BCUT2D eigenvalue weighted by molar-refractivity contribution is -0.134. The molecule has 0 aliphatic carbocycles. The Kier molecular flexibility index (Phi) is 5.52. The molecule has 0 aromatic carbocycles. The third-order valence-corrected chi connectivity index (χ3v) is 2.94. The zero-order valence-corrected chi connectivity index (χ0v) is 12.8. The molecular weight excluding hydrogens is 236 g/mol. The summed E-state index contributed by atoms with van der Waals surface area (Å²) < 4.78 is 0. The van der Waals surface area contributed by atoms with Gasteiger partial charge in [0.25, 0.3) is 0 Å². The molecule has 19 heavy (non-hydrogen) atoms. The second kappa shape index (κ2) is 6.69. The van der Waals surface area contributed by atoms with E-state index in [0.29, 0.717) is 6.42 Å². The molecule has 0 aliphatic rings. The van der Waals surface area contributed by atoms with Crippen LogP contribution in [0.25, 0.3) is 0 Å². The minimum Gasteiger partial charge on any atom is -0.340 e. The summed E-state index contributed by atoms with van der Waals surface area (Å²) in [4.78, 5) is 18.4. The molecule has 0 radical (unpaired) electrons. The Morgan fingerprint density at radius 1 is 1.37 bits per heavy atom. The van der Waals surface area contributed by atoms with Crippen LogP contribution in [-0.2, 0) is 11.2 Å². The van der Waals surface area contributed by atoms with Gasteiger partial charge in [-0.3, -0.25) is 9.78 Å². The Balaban J connectivity index is 2.58. The van der Waals surface area contributed by atoms with Crippen molar-refractivity contribution in [3.8, 4) is 0 Å². The normalized spacial score (nSPS) is 11.7. The zero-order valence-electron chi connectivity index (χ0n) is 12.8. The van der Waals surface area contributed by atoms with Crippen molar-refractivity contribution < 1.29 is 4.79 Å². The second-order valence-electron chi connectivity index (χ2n) is 6.54. The molecule has 0 saturated heterocycles. The number of hydrogen-bond donors (Lipinski definition) is 0. The van der Waals surface area contributed by atoms with Gasteiger partial charge in [-0.1, -0.05) is 26.8 Å². The van der Waals surface area contributed by atoms with Crippen molar-refractivity contribution >= 4 is 5.91 Å². The van der Waals surface area contributed by atoms with E-state index in [1.54, 1.807) is 6.20 Å². The molecule has 0 N–H and O–H groups in total. The van der Waals surface area contributed by atoms with Crippen molar-refractivity contribution in [2.45, 2.75) is 53.5 Å². The lowest BCUT2D eigenvalue weighted by Crippen LogP contribution is -2.42. The van der Waals surface area contributed by atoms with Gasteiger partial charge in [-0.05, 0) is 37.3 Å². The monoisotopic (exact) mass is 262 g/mol. The van der Waals surface area contributed by atoms with Crippen LogP contribution in [-0.4, -0.2) is 28.4 Å². The fourth-order valence-electron chi connectivity index (χ4n) is 2.01. The fourth-order valence-corrected chi connectivity index (χ4v) is 2.01. The van der Waals surface area contributed by atoms with Crippen LogP contribution in [0.15, 0.2) is 24.5 Å². The van der Waals surface area contributed by atoms with Gasteiger partial charge >= 0.3 is 0 Å². The van der Waals surface area contributed by atoms with Gasteiger partial charge in [0.05, 0.1) is 0 Å². The molecule has 0 spiro atoms. The summed E-state index contributed by atoms with van der Waals surface area (Å²) in [5.41, 5.74) is 1.25. The van der Waals surface area contributed by atoms with E-state index in [4.69, 9.17) is 0 Å². The van der Waals surface area contributed by atoms with Gasteiger partial charge in [-0.15, -0.1) is 0 Å². The van der Waals surface area contributed by atoms with E-state index in [2.05, 4.69) is 39.6 Å². The Hall–Kier alpha value is -1.38. The van der Waals surface area contributed by atoms with E-state index in [1.165, 1.54) is 0 Å². The Morgan fingerprint density at radius 2 is 2.05 bits per heavy atom. The van der Waals surface area contributed by atoms with Crippen LogP contribution in [0.1, 0.15) is 46.6 Å². The van der Waals surface area contributed by atoms with Gasteiger partial charge in [0.2, 0.25) is 5.91 Å². The summed E-state index contributed by atoms with van der Waals surface area (Å²) in [5.74, 6) is 0.230. The highest BCUT2D eigenvalue weighted by Crippen LogP contribution is 2.18. The summed E-state index contributed by atoms with van der Waals surface area (Å²) in [6, 6.07) is 4.18. The number of aryl methyl sites for hydroxylation is 1. The minimum absolute atomic E-state index is 0.133. The predicted molar refractivity (Wildman–Crippen MR) is 78.9 cm³/mol. The summed E-state index contributed by atoms with van der Waals surface area (Å²) in [6.07, 6.45) is 4.90. The molecule has 0 aliphatic heterocycles. The van der Waals surface area contributed by atoms with Crippen LogP contribution in [0.2, 0.25) is 0 Å². The van der Waals surface area contributed by atoms with Crippen molar-refractivity contribution in [2.75, 3.05) is 6.54 Å². The standard InChI is InChI=1S/C16H26N2O/c1-13(2)18(12-16(3,4)5)15(19)9-8-14-7-6-10-17-11-14/h6-7,10-11,13H,8-9,12H2,1-5H3. The highest BCUT2D eigenvalue weighted by atomic mass is 16.2. The Morgan fingerprint density at radius 3 is 2.53 bits per heavy atom. The lowest BCUT2D eigenvalue weighted by Gasteiger charge is -2.33. The quantitative estimate of drug-likeness (QED) is 0.815. The molecule has 0 unspecified atom stereocenters. The highest BCUT2D eigenvalue weighted by molar-refractivity contribution is 5.76. The van der Waals surface area contributed by atoms with E-state index in [0.717, 1.165) is 18.5 Å². The Labute approximate surface area is 117 Å². The Bertz CT molecular complexity index is 393. The first-order valence-electron chi connectivity index (χ1n) is 6.98.